The van der Waals surface area contributed by atoms with Crippen molar-refractivity contribution in [2.24, 2.45) is 11.7 Å². The van der Waals surface area contributed by atoms with Gasteiger partial charge < -0.3 is 15.9 Å². The average Bonchev–Trinajstić information content (AvgIpc) is 2.18. The van der Waals surface area contributed by atoms with Gasteiger partial charge >= 0.3 is 5.97 Å². The van der Waals surface area contributed by atoms with Crippen LogP contribution in [0.2, 0.25) is 0 Å². The van der Waals surface area contributed by atoms with Crippen molar-refractivity contribution in [2.75, 3.05) is 0 Å². The Labute approximate surface area is 89.1 Å². The zero-order chi connectivity index (χ0) is 11.3. The van der Waals surface area contributed by atoms with Crippen molar-refractivity contribution >= 4 is 5.97 Å². The predicted octanol–water partition coefficient (Wildman–Crippen LogP) is 0.672. The first kappa shape index (κ1) is 11.9. The minimum Gasteiger partial charge on any atom is -0.481 e. The molecule has 0 fully saturated rings. The molecule has 0 heterocycles. The number of allylic oxidation sites excluding steroid dienone is 4. The SMILES string of the molecule is N[C@@H](C[C@H]1C=CC=CC1)[C@H](O)CC(=O)O. The lowest BCUT2D eigenvalue weighted by Crippen LogP contribution is -2.37. The van der Waals surface area contributed by atoms with Crippen LogP contribution < -0.4 is 5.73 Å². The molecule has 0 spiro atoms. The number of carboxylic acid groups (broad SMARTS) is 1. The van der Waals surface area contributed by atoms with E-state index in [0.717, 1.165) is 6.42 Å². The van der Waals surface area contributed by atoms with E-state index in [-0.39, 0.29) is 6.42 Å². The van der Waals surface area contributed by atoms with Crippen LogP contribution in [-0.4, -0.2) is 28.3 Å². The number of rotatable bonds is 5. The third-order valence-corrected chi connectivity index (χ3v) is 2.52. The fraction of sp³-hybridized carbons (Fsp3) is 0.545. The molecule has 0 amide bonds. The Balaban J connectivity index is 2.34. The predicted molar refractivity (Wildman–Crippen MR) is 57.2 cm³/mol. The minimum atomic E-state index is -1.02. The molecule has 4 N–H and O–H groups in total. The molecule has 0 radical (unpaired) electrons. The topological polar surface area (TPSA) is 83.5 Å². The molecule has 1 aliphatic rings. The van der Waals surface area contributed by atoms with Crippen molar-refractivity contribution in [3.8, 4) is 0 Å². The zero-order valence-electron chi connectivity index (χ0n) is 8.54. The van der Waals surface area contributed by atoms with Crippen molar-refractivity contribution in [3.05, 3.63) is 24.3 Å². The Morgan fingerprint density at radius 3 is 2.80 bits per heavy atom. The molecule has 1 aliphatic carbocycles. The van der Waals surface area contributed by atoms with Crippen LogP contribution in [0.3, 0.4) is 0 Å². The van der Waals surface area contributed by atoms with E-state index in [4.69, 9.17) is 10.8 Å². The summed E-state index contributed by atoms with van der Waals surface area (Å²) in [5.41, 5.74) is 5.73. The van der Waals surface area contributed by atoms with Gasteiger partial charge in [0.25, 0.3) is 0 Å². The Kier molecular flexibility index (Phi) is 4.52. The molecular formula is C11H17NO3. The molecule has 84 valence electrons. The van der Waals surface area contributed by atoms with Crippen molar-refractivity contribution in [2.45, 2.75) is 31.4 Å². The highest BCUT2D eigenvalue weighted by molar-refractivity contribution is 5.67. The van der Waals surface area contributed by atoms with E-state index < -0.39 is 18.1 Å². The standard InChI is InChI=1S/C11H17NO3/c12-9(10(13)7-11(14)15)6-8-4-2-1-3-5-8/h1-4,8-10,13H,5-7,12H2,(H,14,15)/t8-,9-,10+/m0/s1. The van der Waals surface area contributed by atoms with Crippen LogP contribution in [0.1, 0.15) is 19.3 Å². The highest BCUT2D eigenvalue weighted by atomic mass is 16.4. The zero-order valence-corrected chi connectivity index (χ0v) is 8.54. The molecule has 0 bridgehead atoms. The summed E-state index contributed by atoms with van der Waals surface area (Å²) in [6, 6.07) is -0.470. The molecule has 4 heteroatoms. The van der Waals surface area contributed by atoms with Gasteiger partial charge in [-0.05, 0) is 18.8 Å². The Morgan fingerprint density at radius 2 is 2.27 bits per heavy atom. The van der Waals surface area contributed by atoms with Crippen LogP contribution in [-0.2, 0) is 4.79 Å². The molecule has 15 heavy (non-hydrogen) atoms. The summed E-state index contributed by atoms with van der Waals surface area (Å²) in [5, 5.41) is 18.0. The van der Waals surface area contributed by atoms with Crippen molar-refractivity contribution in [1.82, 2.24) is 0 Å². The number of hydrogen-bond acceptors (Lipinski definition) is 3. The van der Waals surface area contributed by atoms with Gasteiger partial charge in [-0.1, -0.05) is 24.3 Å². The molecule has 4 nitrogen and oxygen atoms in total. The van der Waals surface area contributed by atoms with E-state index >= 15 is 0 Å². The number of carboxylic acids is 1. The fourth-order valence-electron chi connectivity index (χ4n) is 1.64. The Morgan fingerprint density at radius 1 is 1.53 bits per heavy atom. The van der Waals surface area contributed by atoms with Gasteiger partial charge in [-0.15, -0.1) is 0 Å². The molecule has 0 aromatic carbocycles. The minimum absolute atomic E-state index is 0.284. The van der Waals surface area contributed by atoms with Crippen molar-refractivity contribution < 1.29 is 15.0 Å². The third-order valence-electron chi connectivity index (χ3n) is 2.52. The van der Waals surface area contributed by atoms with E-state index in [1.807, 2.05) is 24.3 Å². The van der Waals surface area contributed by atoms with E-state index in [1.54, 1.807) is 0 Å². The summed E-state index contributed by atoms with van der Waals surface area (Å²) in [5.74, 6) is -0.703. The van der Waals surface area contributed by atoms with E-state index in [2.05, 4.69) is 0 Å². The van der Waals surface area contributed by atoms with Gasteiger partial charge in [0.15, 0.2) is 0 Å². The monoisotopic (exact) mass is 211 g/mol. The maximum Gasteiger partial charge on any atom is 0.306 e. The van der Waals surface area contributed by atoms with Gasteiger partial charge in [-0.25, -0.2) is 0 Å². The number of aliphatic hydroxyl groups is 1. The average molecular weight is 211 g/mol. The summed E-state index contributed by atoms with van der Waals surface area (Å²) in [6.45, 7) is 0. The second-order valence-electron chi connectivity index (χ2n) is 3.87. The van der Waals surface area contributed by atoms with Gasteiger partial charge in [0.05, 0.1) is 12.5 Å². The van der Waals surface area contributed by atoms with Crippen molar-refractivity contribution in [3.63, 3.8) is 0 Å². The number of hydrogen-bond donors (Lipinski definition) is 3. The first-order valence-electron chi connectivity index (χ1n) is 5.08. The lowest BCUT2D eigenvalue weighted by atomic mass is 9.91. The normalized spacial score (nSPS) is 23.7. The Hall–Kier alpha value is -1.13. The number of carbonyl (C=O) groups is 1. The molecular weight excluding hydrogens is 194 g/mol. The molecule has 0 unspecified atom stereocenters. The van der Waals surface area contributed by atoms with Crippen LogP contribution in [0.4, 0.5) is 0 Å². The molecule has 0 saturated heterocycles. The summed E-state index contributed by atoms with van der Waals surface area (Å²) in [7, 11) is 0. The first-order valence-corrected chi connectivity index (χ1v) is 5.08. The quantitative estimate of drug-likeness (QED) is 0.624. The number of aliphatic carboxylic acids is 1. The van der Waals surface area contributed by atoms with E-state index in [9.17, 15) is 9.90 Å². The summed E-state index contributed by atoms with van der Waals surface area (Å²) >= 11 is 0. The van der Waals surface area contributed by atoms with Crippen molar-refractivity contribution in [1.29, 1.82) is 0 Å². The van der Waals surface area contributed by atoms with Gasteiger partial charge in [0.1, 0.15) is 0 Å². The summed E-state index contributed by atoms with van der Waals surface area (Å²) < 4.78 is 0. The van der Waals surface area contributed by atoms with Crippen LogP contribution in [0.25, 0.3) is 0 Å². The second-order valence-corrected chi connectivity index (χ2v) is 3.87. The smallest absolute Gasteiger partial charge is 0.306 e. The van der Waals surface area contributed by atoms with E-state index in [1.165, 1.54) is 0 Å². The van der Waals surface area contributed by atoms with E-state index in [0.29, 0.717) is 12.3 Å². The summed E-state index contributed by atoms with van der Waals surface area (Å²) in [4.78, 5) is 10.4. The van der Waals surface area contributed by atoms with Gasteiger partial charge in [0.2, 0.25) is 0 Å². The first-order chi connectivity index (χ1) is 7.09. The largest absolute Gasteiger partial charge is 0.481 e. The van der Waals surface area contributed by atoms with Gasteiger partial charge in [-0.3, -0.25) is 4.79 Å². The highest BCUT2D eigenvalue weighted by Gasteiger charge is 2.20. The molecule has 0 saturated carbocycles. The van der Waals surface area contributed by atoms with Gasteiger partial charge in [0, 0.05) is 6.04 Å². The number of aliphatic hydroxyl groups excluding tert-OH is 1. The molecule has 0 aromatic heterocycles. The Bertz CT molecular complexity index is 273. The van der Waals surface area contributed by atoms with Crippen LogP contribution in [0, 0.1) is 5.92 Å². The lowest BCUT2D eigenvalue weighted by Gasteiger charge is -2.21. The highest BCUT2D eigenvalue weighted by Crippen LogP contribution is 2.18. The molecule has 3 atom stereocenters. The summed E-state index contributed by atoms with van der Waals surface area (Å²) in [6.07, 6.45) is 8.28. The van der Waals surface area contributed by atoms with Crippen LogP contribution >= 0.6 is 0 Å². The third kappa shape index (κ3) is 4.27. The molecule has 1 rings (SSSR count). The number of nitrogens with two attached hydrogens (primary N) is 1. The van der Waals surface area contributed by atoms with Crippen LogP contribution in [0.5, 0.6) is 0 Å². The lowest BCUT2D eigenvalue weighted by molar-refractivity contribution is -0.139. The van der Waals surface area contributed by atoms with Crippen LogP contribution in [0.15, 0.2) is 24.3 Å². The maximum atomic E-state index is 10.4. The molecule has 0 aromatic rings. The molecule has 0 aliphatic heterocycles. The maximum absolute atomic E-state index is 10.4. The van der Waals surface area contributed by atoms with Gasteiger partial charge in [-0.2, -0.15) is 0 Å². The fourth-order valence-corrected chi connectivity index (χ4v) is 1.64. The second kappa shape index (κ2) is 5.68.